The molecule has 144 valence electrons. The van der Waals surface area contributed by atoms with Gasteiger partial charge in [0, 0.05) is 34.8 Å². The minimum absolute atomic E-state index is 0.219. The molecule has 1 aliphatic carbocycles. The maximum absolute atomic E-state index is 13.0. The summed E-state index contributed by atoms with van der Waals surface area (Å²) in [6.45, 7) is 1.97. The largest absolute Gasteiger partial charge is 0.396 e. The Balaban J connectivity index is 1.78. The summed E-state index contributed by atoms with van der Waals surface area (Å²) in [5.74, 6) is 0.919. The van der Waals surface area contributed by atoms with Gasteiger partial charge in [0.15, 0.2) is 0 Å². The number of thiazole rings is 1. The normalized spacial score (nSPS) is 15.8. The van der Waals surface area contributed by atoms with E-state index < -0.39 is 10.8 Å². The molecule has 1 atom stereocenters. The highest BCUT2D eigenvalue weighted by Crippen LogP contribution is 2.44. The molecule has 1 aliphatic rings. The Bertz CT molecular complexity index is 1200. The van der Waals surface area contributed by atoms with Crippen LogP contribution in [0.25, 0.3) is 32.2 Å². The zero-order chi connectivity index (χ0) is 19.4. The van der Waals surface area contributed by atoms with Gasteiger partial charge in [-0.2, -0.15) is 0 Å². The van der Waals surface area contributed by atoms with Crippen LogP contribution in [-0.4, -0.2) is 29.0 Å². The third-order valence-corrected chi connectivity index (χ3v) is 9.45. The molecule has 0 aromatic carbocycles. The van der Waals surface area contributed by atoms with Crippen molar-refractivity contribution in [3.05, 3.63) is 29.7 Å². The first-order valence-corrected chi connectivity index (χ1v) is 12.0. The van der Waals surface area contributed by atoms with Gasteiger partial charge in [-0.3, -0.25) is 4.21 Å². The zero-order valence-corrected chi connectivity index (χ0v) is 18.0. The van der Waals surface area contributed by atoms with Crippen LogP contribution in [0.1, 0.15) is 25.1 Å². The minimum Gasteiger partial charge on any atom is -0.396 e. The molecule has 9 heteroatoms. The van der Waals surface area contributed by atoms with E-state index in [1.807, 2.05) is 36.2 Å². The van der Waals surface area contributed by atoms with Gasteiger partial charge in [0.1, 0.15) is 25.6 Å². The van der Waals surface area contributed by atoms with Gasteiger partial charge in [0.05, 0.1) is 28.4 Å². The molecule has 0 aliphatic heterocycles. The van der Waals surface area contributed by atoms with Crippen molar-refractivity contribution in [1.29, 1.82) is 0 Å². The number of anilines is 1. The van der Waals surface area contributed by atoms with Crippen molar-refractivity contribution in [2.45, 2.75) is 35.6 Å². The van der Waals surface area contributed by atoms with Crippen LogP contribution in [0.15, 0.2) is 28.0 Å². The fourth-order valence-electron chi connectivity index (χ4n) is 3.40. The molecule has 0 spiro atoms. The molecule has 5 rings (SSSR count). The van der Waals surface area contributed by atoms with E-state index in [4.69, 9.17) is 10.7 Å². The lowest BCUT2D eigenvalue weighted by Crippen LogP contribution is -2.23. The molecule has 28 heavy (non-hydrogen) atoms. The first-order valence-electron chi connectivity index (χ1n) is 9.06. The smallest absolute Gasteiger partial charge is 0.141 e. The third-order valence-electron chi connectivity index (χ3n) is 5.35. The van der Waals surface area contributed by atoms with Crippen molar-refractivity contribution in [1.82, 2.24) is 19.5 Å². The van der Waals surface area contributed by atoms with E-state index >= 15 is 0 Å². The van der Waals surface area contributed by atoms with Gasteiger partial charge in [-0.15, -0.1) is 22.7 Å². The molecular formula is C19H19N5OS3. The van der Waals surface area contributed by atoms with E-state index in [2.05, 4.69) is 9.97 Å². The van der Waals surface area contributed by atoms with E-state index in [0.717, 1.165) is 61.5 Å². The first-order chi connectivity index (χ1) is 13.5. The third kappa shape index (κ3) is 2.72. The number of nitrogen functional groups attached to an aromatic ring is 1. The highest BCUT2D eigenvalue weighted by Gasteiger charge is 2.30. The highest BCUT2D eigenvalue weighted by molar-refractivity contribution is 7.88. The Kier molecular flexibility index (Phi) is 4.33. The van der Waals surface area contributed by atoms with Crippen LogP contribution in [0.3, 0.4) is 0 Å². The van der Waals surface area contributed by atoms with E-state index in [9.17, 15) is 4.21 Å². The van der Waals surface area contributed by atoms with Crippen LogP contribution in [0.5, 0.6) is 0 Å². The molecule has 0 bridgehead atoms. The highest BCUT2D eigenvalue weighted by atomic mass is 32.2. The van der Waals surface area contributed by atoms with Gasteiger partial charge in [-0.1, -0.05) is 6.42 Å². The summed E-state index contributed by atoms with van der Waals surface area (Å²) in [6.07, 6.45) is 6.79. The predicted molar refractivity (Wildman–Crippen MR) is 116 cm³/mol. The Morgan fingerprint density at radius 1 is 1.32 bits per heavy atom. The number of hydrogen-bond acceptors (Lipinski definition) is 7. The van der Waals surface area contributed by atoms with E-state index in [1.54, 1.807) is 17.5 Å². The molecule has 1 fully saturated rings. The first kappa shape index (κ1) is 18.0. The lowest BCUT2D eigenvalue weighted by atomic mass is 10.0. The van der Waals surface area contributed by atoms with Gasteiger partial charge in [0.25, 0.3) is 0 Å². The molecular weight excluding hydrogens is 410 g/mol. The lowest BCUT2D eigenvalue weighted by Gasteiger charge is -2.23. The van der Waals surface area contributed by atoms with Crippen molar-refractivity contribution >= 4 is 49.4 Å². The number of nitrogens with zero attached hydrogens (tertiary/aromatic N) is 4. The summed E-state index contributed by atoms with van der Waals surface area (Å²) in [7, 11) is 0.913. The van der Waals surface area contributed by atoms with Crippen LogP contribution in [0, 0.1) is 6.92 Å². The van der Waals surface area contributed by atoms with E-state index in [0.29, 0.717) is 5.69 Å². The average molecular weight is 430 g/mol. The van der Waals surface area contributed by atoms with Crippen molar-refractivity contribution in [2.24, 2.45) is 7.05 Å². The lowest BCUT2D eigenvalue weighted by molar-refractivity contribution is 0.505. The minimum atomic E-state index is -1.08. The van der Waals surface area contributed by atoms with Crippen LogP contribution in [0.4, 0.5) is 5.69 Å². The Hall–Kier alpha value is -2.10. The Morgan fingerprint density at radius 2 is 2.14 bits per heavy atom. The topological polar surface area (TPSA) is 86.7 Å². The number of thiophene rings is 1. The molecule has 0 saturated heterocycles. The molecule has 4 heterocycles. The predicted octanol–water partition coefficient (Wildman–Crippen LogP) is 4.37. The van der Waals surface area contributed by atoms with Gasteiger partial charge in [-0.25, -0.2) is 15.0 Å². The molecule has 2 N–H and O–H groups in total. The summed E-state index contributed by atoms with van der Waals surface area (Å²) in [5.41, 5.74) is 9.88. The fourth-order valence-corrected chi connectivity index (χ4v) is 7.21. The van der Waals surface area contributed by atoms with E-state index in [-0.39, 0.29) is 5.25 Å². The van der Waals surface area contributed by atoms with Gasteiger partial charge in [0.2, 0.25) is 0 Å². The SMILES string of the molecule is Cc1ncc(-c2cc(-c3nccs3)nc3sc([S@@](=O)C4CCC4)c(N)c23)n1C. The van der Waals surface area contributed by atoms with Crippen molar-refractivity contribution in [2.75, 3.05) is 5.73 Å². The maximum atomic E-state index is 13.0. The molecule has 0 radical (unpaired) electrons. The number of fused-ring (bicyclic) bond motifs is 1. The number of rotatable bonds is 4. The van der Waals surface area contributed by atoms with Crippen LogP contribution < -0.4 is 5.73 Å². The summed E-state index contributed by atoms with van der Waals surface area (Å²) in [4.78, 5) is 14.5. The number of pyridine rings is 1. The van der Waals surface area contributed by atoms with Crippen molar-refractivity contribution in [3.63, 3.8) is 0 Å². The van der Waals surface area contributed by atoms with Crippen LogP contribution >= 0.6 is 22.7 Å². The second-order valence-corrected chi connectivity index (χ2v) is 10.8. The quantitative estimate of drug-likeness (QED) is 0.520. The van der Waals surface area contributed by atoms with Crippen molar-refractivity contribution in [3.8, 4) is 22.0 Å². The van der Waals surface area contributed by atoms with Gasteiger partial charge >= 0.3 is 0 Å². The van der Waals surface area contributed by atoms with Crippen molar-refractivity contribution < 1.29 is 4.21 Å². The number of aromatic nitrogens is 4. The monoisotopic (exact) mass is 429 g/mol. The average Bonchev–Trinajstić information content (AvgIpc) is 3.34. The van der Waals surface area contributed by atoms with Gasteiger partial charge < -0.3 is 10.3 Å². The summed E-state index contributed by atoms with van der Waals surface area (Å²) >= 11 is 3.00. The number of hydrogen-bond donors (Lipinski definition) is 1. The standard InChI is InChI=1S/C19H19N5OS3/c1-10-22-9-14(24(10)2)12-8-13(17-21-6-7-26-17)23-18-15(12)16(20)19(27-18)28(25)11-4-3-5-11/h6-9,11H,3-5,20H2,1-2H3/t28-/m0/s1. The summed E-state index contributed by atoms with van der Waals surface area (Å²) in [5, 5.41) is 3.89. The number of aryl methyl sites for hydroxylation is 1. The summed E-state index contributed by atoms with van der Waals surface area (Å²) < 4.78 is 15.8. The number of nitrogens with two attached hydrogens (primary N) is 1. The second kappa shape index (κ2) is 6.75. The molecule has 1 saturated carbocycles. The summed E-state index contributed by atoms with van der Waals surface area (Å²) in [6, 6.07) is 2.02. The maximum Gasteiger partial charge on any atom is 0.141 e. The van der Waals surface area contributed by atoms with Gasteiger partial charge in [-0.05, 0) is 25.8 Å². The fraction of sp³-hybridized carbons (Fsp3) is 0.316. The Morgan fingerprint density at radius 3 is 2.75 bits per heavy atom. The zero-order valence-electron chi connectivity index (χ0n) is 15.5. The molecule has 0 unspecified atom stereocenters. The molecule has 4 aromatic rings. The van der Waals surface area contributed by atoms with Crippen LogP contribution in [0.2, 0.25) is 0 Å². The molecule has 6 nitrogen and oxygen atoms in total. The number of imidazole rings is 1. The Labute approximate surface area is 172 Å². The molecule has 0 amide bonds. The van der Waals surface area contributed by atoms with E-state index in [1.165, 1.54) is 11.3 Å². The molecule has 4 aromatic heterocycles. The second-order valence-electron chi connectivity index (χ2n) is 6.98. The van der Waals surface area contributed by atoms with Crippen LogP contribution in [-0.2, 0) is 17.8 Å².